The summed E-state index contributed by atoms with van der Waals surface area (Å²) >= 11 is 0. The Labute approximate surface area is 111 Å². The molecule has 0 aliphatic heterocycles. The zero-order chi connectivity index (χ0) is 13.7. The minimum Gasteiger partial charge on any atom is -0.381 e. The van der Waals surface area contributed by atoms with Crippen molar-refractivity contribution in [3.8, 4) is 11.3 Å². The van der Waals surface area contributed by atoms with Gasteiger partial charge in [-0.25, -0.2) is 0 Å². The summed E-state index contributed by atoms with van der Waals surface area (Å²) in [6.07, 6.45) is 0. The number of hydrogen-bond donors (Lipinski definition) is 1. The van der Waals surface area contributed by atoms with Crippen molar-refractivity contribution in [1.29, 1.82) is 0 Å². The maximum absolute atomic E-state index is 5.67. The number of rotatable bonds is 1. The minimum atomic E-state index is 0.414. The monoisotopic (exact) mass is 255 g/mol. The van der Waals surface area contributed by atoms with Gasteiger partial charge in [0.2, 0.25) is 0 Å². The van der Waals surface area contributed by atoms with Gasteiger partial charge in [0.15, 0.2) is 11.6 Å². The molecule has 98 valence electrons. The van der Waals surface area contributed by atoms with Crippen LogP contribution in [0.15, 0.2) is 22.7 Å². The topological polar surface area (TPSA) is 57.0 Å². The summed E-state index contributed by atoms with van der Waals surface area (Å²) < 4.78 is 7.56. The third-order valence-electron chi connectivity index (χ3n) is 3.81. The summed E-state index contributed by atoms with van der Waals surface area (Å²) in [5.41, 5.74) is 11.6. The molecule has 4 heteroatoms. The van der Waals surface area contributed by atoms with E-state index in [4.69, 9.17) is 10.3 Å². The Kier molecular flexibility index (Phi) is 2.42. The number of anilines is 1. The highest BCUT2D eigenvalue weighted by molar-refractivity contribution is 6.00. The molecule has 0 radical (unpaired) electrons. The molecule has 0 fully saturated rings. The number of aromatic nitrogens is 2. The van der Waals surface area contributed by atoms with Crippen LogP contribution >= 0.6 is 0 Å². The SMILES string of the molecule is Cc1ccc(C)c2c1c(-c1cc(N)no1)c(C)n2C. The van der Waals surface area contributed by atoms with Gasteiger partial charge in [0.05, 0.1) is 5.52 Å². The molecule has 0 amide bonds. The molecule has 0 aliphatic carbocycles. The number of aryl methyl sites for hydroxylation is 3. The van der Waals surface area contributed by atoms with Crippen molar-refractivity contribution in [1.82, 2.24) is 9.72 Å². The lowest BCUT2D eigenvalue weighted by atomic mass is 10.0. The quantitative estimate of drug-likeness (QED) is 0.725. The maximum atomic E-state index is 5.67. The van der Waals surface area contributed by atoms with Crippen molar-refractivity contribution in [3.63, 3.8) is 0 Å². The Hall–Kier alpha value is -2.23. The molecule has 3 aromatic rings. The summed E-state index contributed by atoms with van der Waals surface area (Å²) in [6, 6.07) is 6.07. The Morgan fingerprint density at radius 1 is 1.16 bits per heavy atom. The van der Waals surface area contributed by atoms with E-state index in [2.05, 4.69) is 49.7 Å². The Bertz CT molecular complexity index is 780. The van der Waals surface area contributed by atoms with Gasteiger partial charge in [-0.1, -0.05) is 17.3 Å². The molecule has 3 rings (SSSR count). The van der Waals surface area contributed by atoms with Crippen LogP contribution in [0.25, 0.3) is 22.2 Å². The minimum absolute atomic E-state index is 0.414. The second-order valence-electron chi connectivity index (χ2n) is 5.06. The lowest BCUT2D eigenvalue weighted by Gasteiger charge is -2.03. The van der Waals surface area contributed by atoms with Crippen molar-refractivity contribution >= 4 is 16.7 Å². The highest BCUT2D eigenvalue weighted by Crippen LogP contribution is 2.37. The smallest absolute Gasteiger partial charge is 0.171 e. The molecular formula is C15H17N3O. The zero-order valence-corrected chi connectivity index (χ0v) is 11.6. The van der Waals surface area contributed by atoms with Crippen molar-refractivity contribution in [2.75, 3.05) is 5.73 Å². The van der Waals surface area contributed by atoms with E-state index in [0.717, 1.165) is 17.0 Å². The van der Waals surface area contributed by atoms with E-state index in [1.165, 1.54) is 22.0 Å². The molecule has 0 unspecified atom stereocenters. The first kappa shape index (κ1) is 11.8. The fourth-order valence-electron chi connectivity index (χ4n) is 2.77. The maximum Gasteiger partial charge on any atom is 0.171 e. The van der Waals surface area contributed by atoms with Crippen LogP contribution in [0.2, 0.25) is 0 Å². The Morgan fingerprint density at radius 2 is 1.84 bits per heavy atom. The summed E-state index contributed by atoms with van der Waals surface area (Å²) in [5.74, 6) is 1.14. The number of benzene rings is 1. The van der Waals surface area contributed by atoms with Gasteiger partial charge >= 0.3 is 0 Å². The molecule has 0 spiro atoms. The number of nitrogen functional groups attached to an aromatic ring is 1. The second-order valence-corrected chi connectivity index (χ2v) is 5.06. The van der Waals surface area contributed by atoms with Crippen LogP contribution in [-0.2, 0) is 7.05 Å². The highest BCUT2D eigenvalue weighted by atomic mass is 16.5. The summed E-state index contributed by atoms with van der Waals surface area (Å²) in [6.45, 7) is 6.33. The number of fused-ring (bicyclic) bond motifs is 1. The van der Waals surface area contributed by atoms with Gasteiger partial charge in [-0.15, -0.1) is 0 Å². The Morgan fingerprint density at radius 3 is 2.47 bits per heavy atom. The first-order chi connectivity index (χ1) is 9.00. The van der Waals surface area contributed by atoms with Crippen LogP contribution in [-0.4, -0.2) is 9.72 Å². The molecule has 2 aromatic heterocycles. The number of hydrogen-bond acceptors (Lipinski definition) is 3. The molecule has 0 atom stereocenters. The normalized spacial score (nSPS) is 11.4. The first-order valence-corrected chi connectivity index (χ1v) is 6.28. The molecule has 0 saturated heterocycles. The van der Waals surface area contributed by atoms with Crippen LogP contribution in [0.4, 0.5) is 5.82 Å². The number of nitrogens with zero attached hydrogens (tertiary/aromatic N) is 2. The van der Waals surface area contributed by atoms with E-state index in [1.807, 2.05) is 0 Å². The van der Waals surface area contributed by atoms with Gasteiger partial charge in [0.25, 0.3) is 0 Å². The molecule has 0 aliphatic rings. The predicted molar refractivity (Wildman–Crippen MR) is 77.0 cm³/mol. The van der Waals surface area contributed by atoms with E-state index >= 15 is 0 Å². The molecule has 0 saturated carbocycles. The molecule has 19 heavy (non-hydrogen) atoms. The molecule has 2 N–H and O–H groups in total. The summed E-state index contributed by atoms with van der Waals surface area (Å²) in [4.78, 5) is 0. The van der Waals surface area contributed by atoms with E-state index < -0.39 is 0 Å². The van der Waals surface area contributed by atoms with Crippen LogP contribution in [0.5, 0.6) is 0 Å². The third-order valence-corrected chi connectivity index (χ3v) is 3.81. The first-order valence-electron chi connectivity index (χ1n) is 6.28. The van der Waals surface area contributed by atoms with E-state index in [1.54, 1.807) is 6.07 Å². The van der Waals surface area contributed by atoms with Crippen LogP contribution in [0.3, 0.4) is 0 Å². The van der Waals surface area contributed by atoms with Gasteiger partial charge < -0.3 is 14.8 Å². The van der Waals surface area contributed by atoms with Crippen LogP contribution < -0.4 is 5.73 Å². The average Bonchev–Trinajstić information content (AvgIpc) is 2.89. The largest absolute Gasteiger partial charge is 0.381 e. The highest BCUT2D eigenvalue weighted by Gasteiger charge is 2.19. The molecule has 0 bridgehead atoms. The van der Waals surface area contributed by atoms with E-state index in [0.29, 0.717) is 5.82 Å². The molecule has 2 heterocycles. The lowest BCUT2D eigenvalue weighted by Crippen LogP contribution is -1.92. The van der Waals surface area contributed by atoms with Crippen molar-refractivity contribution in [2.45, 2.75) is 20.8 Å². The second kappa shape index (κ2) is 3.88. The lowest BCUT2D eigenvalue weighted by molar-refractivity contribution is 0.436. The van der Waals surface area contributed by atoms with Gasteiger partial charge in [-0.3, -0.25) is 0 Å². The molecule has 1 aromatic carbocycles. The van der Waals surface area contributed by atoms with Gasteiger partial charge in [-0.2, -0.15) is 0 Å². The standard InChI is InChI=1S/C15H17N3O/c1-8-5-6-9(2)15-13(8)14(10(3)18(15)4)11-7-12(16)17-19-11/h5-7H,1-4H3,(H2,16,17). The predicted octanol–water partition coefficient (Wildman–Crippen LogP) is 3.34. The van der Waals surface area contributed by atoms with Crippen molar-refractivity contribution in [3.05, 3.63) is 35.0 Å². The zero-order valence-electron chi connectivity index (χ0n) is 11.6. The van der Waals surface area contributed by atoms with E-state index in [-0.39, 0.29) is 0 Å². The van der Waals surface area contributed by atoms with Crippen LogP contribution in [0, 0.1) is 20.8 Å². The Balaban J connectivity index is 2.49. The summed E-state index contributed by atoms with van der Waals surface area (Å²) in [5, 5.41) is 5.01. The van der Waals surface area contributed by atoms with Crippen LogP contribution in [0.1, 0.15) is 16.8 Å². The molecule has 4 nitrogen and oxygen atoms in total. The number of nitrogens with two attached hydrogens (primary N) is 1. The fourth-order valence-corrected chi connectivity index (χ4v) is 2.77. The third kappa shape index (κ3) is 1.56. The fraction of sp³-hybridized carbons (Fsp3) is 0.267. The van der Waals surface area contributed by atoms with Crippen molar-refractivity contribution < 1.29 is 4.52 Å². The summed E-state index contributed by atoms with van der Waals surface area (Å²) in [7, 11) is 2.08. The molecular weight excluding hydrogens is 238 g/mol. The van der Waals surface area contributed by atoms with Gasteiger partial charge in [0.1, 0.15) is 0 Å². The van der Waals surface area contributed by atoms with E-state index in [9.17, 15) is 0 Å². The van der Waals surface area contributed by atoms with Gasteiger partial charge in [-0.05, 0) is 31.9 Å². The average molecular weight is 255 g/mol. The van der Waals surface area contributed by atoms with Crippen molar-refractivity contribution in [2.24, 2.45) is 7.05 Å². The van der Waals surface area contributed by atoms with Gasteiger partial charge in [0, 0.05) is 29.8 Å².